The molecule has 2 aromatic carbocycles. The second-order valence-electron chi connectivity index (χ2n) is 6.24. The van der Waals surface area contributed by atoms with Gasteiger partial charge in [-0.15, -0.1) is 0 Å². The summed E-state index contributed by atoms with van der Waals surface area (Å²) in [6.45, 7) is 1.82. The normalized spacial score (nSPS) is 11.7. The van der Waals surface area contributed by atoms with Gasteiger partial charge < -0.3 is 5.32 Å². The van der Waals surface area contributed by atoms with Crippen molar-refractivity contribution in [3.05, 3.63) is 54.4 Å². The number of carbonyl (C=O) groups is 1. The SMILES string of the molecule is Cc1nc(SCC(=O)Nc2ccc(S(=O)(=O)N(C)C)cc2)c2ccccc2n1. The molecule has 7 nitrogen and oxygen atoms in total. The summed E-state index contributed by atoms with van der Waals surface area (Å²) in [5.74, 6) is 0.630. The number of aromatic nitrogens is 2. The largest absolute Gasteiger partial charge is 0.325 e. The number of nitrogens with one attached hydrogen (secondary N) is 1. The van der Waals surface area contributed by atoms with Gasteiger partial charge in [-0.2, -0.15) is 0 Å². The van der Waals surface area contributed by atoms with E-state index in [0.717, 1.165) is 20.2 Å². The van der Waals surface area contributed by atoms with Crippen LogP contribution in [0.4, 0.5) is 5.69 Å². The van der Waals surface area contributed by atoms with E-state index in [1.165, 1.54) is 38.0 Å². The lowest BCUT2D eigenvalue weighted by atomic mass is 10.2. The number of aryl methyl sites for hydroxylation is 1. The van der Waals surface area contributed by atoms with Crippen LogP contribution in [0.2, 0.25) is 0 Å². The fourth-order valence-electron chi connectivity index (χ4n) is 2.52. The summed E-state index contributed by atoms with van der Waals surface area (Å²) in [4.78, 5) is 21.3. The first-order chi connectivity index (χ1) is 13.3. The van der Waals surface area contributed by atoms with Crippen LogP contribution in [0.5, 0.6) is 0 Å². The molecule has 1 aromatic heterocycles. The monoisotopic (exact) mass is 416 g/mol. The lowest BCUT2D eigenvalue weighted by molar-refractivity contribution is -0.113. The molecule has 1 N–H and O–H groups in total. The number of nitrogens with zero attached hydrogens (tertiary/aromatic N) is 3. The molecule has 0 bridgehead atoms. The predicted octanol–water partition coefficient (Wildman–Crippen LogP) is 2.92. The number of rotatable bonds is 6. The first kappa shape index (κ1) is 20.2. The first-order valence-corrected chi connectivity index (χ1v) is 10.9. The Bertz CT molecular complexity index is 1110. The van der Waals surface area contributed by atoms with Crippen LogP contribution in [0, 0.1) is 6.92 Å². The molecule has 3 aromatic rings. The van der Waals surface area contributed by atoms with Gasteiger partial charge in [0.05, 0.1) is 16.2 Å². The fraction of sp³-hybridized carbons (Fsp3) is 0.211. The number of anilines is 1. The minimum atomic E-state index is -3.49. The average Bonchev–Trinajstić information content (AvgIpc) is 2.66. The first-order valence-electron chi connectivity index (χ1n) is 8.46. The Kier molecular flexibility index (Phi) is 5.97. The molecule has 0 aliphatic rings. The van der Waals surface area contributed by atoms with E-state index in [9.17, 15) is 13.2 Å². The van der Waals surface area contributed by atoms with Crippen LogP contribution in [-0.4, -0.2) is 48.4 Å². The number of fused-ring (bicyclic) bond motifs is 1. The van der Waals surface area contributed by atoms with E-state index in [1.807, 2.05) is 31.2 Å². The summed E-state index contributed by atoms with van der Waals surface area (Å²) < 4.78 is 25.3. The van der Waals surface area contributed by atoms with E-state index in [4.69, 9.17) is 0 Å². The van der Waals surface area contributed by atoms with Gasteiger partial charge in [0, 0.05) is 25.2 Å². The van der Waals surface area contributed by atoms with Gasteiger partial charge in [0.1, 0.15) is 10.9 Å². The van der Waals surface area contributed by atoms with Crippen molar-refractivity contribution in [3.63, 3.8) is 0 Å². The maximum atomic E-state index is 12.3. The van der Waals surface area contributed by atoms with Crippen molar-refractivity contribution in [2.75, 3.05) is 25.2 Å². The van der Waals surface area contributed by atoms with Gasteiger partial charge in [-0.1, -0.05) is 30.0 Å². The maximum Gasteiger partial charge on any atom is 0.242 e. The van der Waals surface area contributed by atoms with Gasteiger partial charge in [-0.25, -0.2) is 22.7 Å². The van der Waals surface area contributed by atoms with Gasteiger partial charge in [0.25, 0.3) is 0 Å². The van der Waals surface area contributed by atoms with Crippen LogP contribution in [-0.2, 0) is 14.8 Å². The van der Waals surface area contributed by atoms with Crippen LogP contribution >= 0.6 is 11.8 Å². The van der Waals surface area contributed by atoms with E-state index in [0.29, 0.717) is 11.5 Å². The lowest BCUT2D eigenvalue weighted by Gasteiger charge is -2.12. The Morgan fingerprint density at radius 3 is 2.43 bits per heavy atom. The molecule has 9 heteroatoms. The lowest BCUT2D eigenvalue weighted by Crippen LogP contribution is -2.22. The van der Waals surface area contributed by atoms with Crippen LogP contribution < -0.4 is 5.32 Å². The smallest absolute Gasteiger partial charge is 0.242 e. The molecule has 0 aliphatic heterocycles. The van der Waals surface area contributed by atoms with Crippen molar-refractivity contribution in [1.29, 1.82) is 0 Å². The van der Waals surface area contributed by atoms with Gasteiger partial charge >= 0.3 is 0 Å². The van der Waals surface area contributed by atoms with E-state index >= 15 is 0 Å². The average molecular weight is 417 g/mol. The summed E-state index contributed by atoms with van der Waals surface area (Å²) in [7, 11) is -0.545. The topological polar surface area (TPSA) is 92.3 Å². The van der Waals surface area contributed by atoms with Crippen LogP contribution in [0.15, 0.2) is 58.5 Å². The van der Waals surface area contributed by atoms with Gasteiger partial charge in [0.2, 0.25) is 15.9 Å². The summed E-state index contributed by atoms with van der Waals surface area (Å²) >= 11 is 1.34. The minimum absolute atomic E-state index is 0.174. The molecule has 0 saturated heterocycles. The van der Waals surface area contributed by atoms with Crippen molar-refractivity contribution >= 4 is 44.3 Å². The van der Waals surface area contributed by atoms with E-state index in [-0.39, 0.29) is 16.6 Å². The van der Waals surface area contributed by atoms with Gasteiger partial charge in [-0.3, -0.25) is 4.79 Å². The highest BCUT2D eigenvalue weighted by Crippen LogP contribution is 2.25. The number of hydrogen-bond donors (Lipinski definition) is 1. The number of sulfonamides is 1. The molecule has 0 saturated carbocycles. The Labute approximate surface area is 168 Å². The zero-order valence-electron chi connectivity index (χ0n) is 15.7. The highest BCUT2D eigenvalue weighted by molar-refractivity contribution is 8.00. The molecule has 0 unspecified atom stereocenters. The summed E-state index contributed by atoms with van der Waals surface area (Å²) in [5.41, 5.74) is 1.38. The Hall–Kier alpha value is -2.49. The minimum Gasteiger partial charge on any atom is -0.325 e. The third-order valence-electron chi connectivity index (χ3n) is 3.94. The second-order valence-corrected chi connectivity index (χ2v) is 9.36. The molecule has 28 heavy (non-hydrogen) atoms. The Morgan fingerprint density at radius 2 is 1.75 bits per heavy atom. The van der Waals surface area contributed by atoms with Crippen molar-refractivity contribution < 1.29 is 13.2 Å². The third-order valence-corrected chi connectivity index (χ3v) is 6.76. The van der Waals surface area contributed by atoms with Gasteiger partial charge in [-0.05, 0) is 37.3 Å². The quantitative estimate of drug-likeness (QED) is 0.491. The van der Waals surface area contributed by atoms with E-state index in [1.54, 1.807) is 12.1 Å². The van der Waals surface area contributed by atoms with Crippen molar-refractivity contribution in [2.45, 2.75) is 16.8 Å². The standard InChI is InChI=1S/C19H20N4O3S2/c1-13-20-17-7-5-4-6-16(17)19(21-13)27-12-18(24)22-14-8-10-15(11-9-14)28(25,26)23(2)3/h4-11H,12H2,1-3H3,(H,22,24). The second kappa shape index (κ2) is 8.26. The number of para-hydroxylation sites is 1. The van der Waals surface area contributed by atoms with E-state index < -0.39 is 10.0 Å². The third kappa shape index (κ3) is 4.49. The van der Waals surface area contributed by atoms with Crippen molar-refractivity contribution in [1.82, 2.24) is 14.3 Å². The summed E-state index contributed by atoms with van der Waals surface area (Å²) in [6, 6.07) is 13.8. The molecule has 0 radical (unpaired) electrons. The summed E-state index contributed by atoms with van der Waals surface area (Å²) in [6.07, 6.45) is 0. The molecular formula is C19H20N4O3S2. The molecule has 146 valence electrons. The van der Waals surface area contributed by atoms with Crippen LogP contribution in [0.3, 0.4) is 0 Å². The number of carbonyl (C=O) groups excluding carboxylic acids is 1. The number of hydrogen-bond acceptors (Lipinski definition) is 6. The zero-order chi connectivity index (χ0) is 20.3. The maximum absolute atomic E-state index is 12.3. The predicted molar refractivity (Wildman–Crippen MR) is 111 cm³/mol. The molecular weight excluding hydrogens is 396 g/mol. The molecule has 0 fully saturated rings. The fourth-order valence-corrected chi connectivity index (χ4v) is 4.29. The number of amides is 1. The molecule has 3 rings (SSSR count). The summed E-state index contributed by atoms with van der Waals surface area (Å²) in [5, 5.41) is 4.43. The molecule has 0 atom stereocenters. The molecule has 0 aliphatic carbocycles. The van der Waals surface area contributed by atoms with Crippen LogP contribution in [0.1, 0.15) is 5.82 Å². The van der Waals surface area contributed by atoms with Crippen molar-refractivity contribution in [2.24, 2.45) is 0 Å². The van der Waals surface area contributed by atoms with Crippen LogP contribution in [0.25, 0.3) is 10.9 Å². The highest BCUT2D eigenvalue weighted by Gasteiger charge is 2.17. The Morgan fingerprint density at radius 1 is 1.07 bits per heavy atom. The highest BCUT2D eigenvalue weighted by atomic mass is 32.2. The van der Waals surface area contributed by atoms with Crippen molar-refractivity contribution in [3.8, 4) is 0 Å². The Balaban J connectivity index is 1.67. The van der Waals surface area contributed by atoms with Gasteiger partial charge in [0.15, 0.2) is 0 Å². The zero-order valence-corrected chi connectivity index (χ0v) is 17.3. The molecule has 1 amide bonds. The number of benzene rings is 2. The number of thioether (sulfide) groups is 1. The molecule has 1 heterocycles. The molecule has 0 spiro atoms. The van der Waals surface area contributed by atoms with E-state index in [2.05, 4.69) is 15.3 Å².